The van der Waals surface area contributed by atoms with Crippen molar-refractivity contribution in [1.29, 1.82) is 0 Å². The van der Waals surface area contributed by atoms with Gasteiger partial charge in [0.2, 0.25) is 5.91 Å². The molecule has 1 aliphatic rings. The van der Waals surface area contributed by atoms with Gasteiger partial charge in [0.25, 0.3) is 0 Å². The number of ether oxygens (including phenoxy) is 2. The van der Waals surface area contributed by atoms with Gasteiger partial charge in [-0.05, 0) is 27.7 Å². The van der Waals surface area contributed by atoms with Crippen LogP contribution in [0.25, 0.3) is 11.1 Å². The summed E-state index contributed by atoms with van der Waals surface area (Å²) in [5, 5.41) is 5.13. The highest BCUT2D eigenvalue weighted by Crippen LogP contribution is 2.44. The third-order valence-corrected chi connectivity index (χ3v) is 5.37. The molecule has 2 amide bonds. The Bertz CT molecular complexity index is 934. The van der Waals surface area contributed by atoms with E-state index in [-0.39, 0.29) is 19.1 Å². The summed E-state index contributed by atoms with van der Waals surface area (Å²) in [5.74, 6) is -1.12. The van der Waals surface area contributed by atoms with Gasteiger partial charge in [0.15, 0.2) is 0 Å². The van der Waals surface area contributed by atoms with Crippen LogP contribution in [0.2, 0.25) is 0 Å². The number of benzene rings is 2. The topological polar surface area (TPSA) is 93.7 Å². The van der Waals surface area contributed by atoms with Gasteiger partial charge in [0, 0.05) is 5.92 Å². The van der Waals surface area contributed by atoms with Crippen molar-refractivity contribution in [3.05, 3.63) is 59.7 Å². The molecular formula is C24H28N2O5. The molecule has 2 aromatic carbocycles. The van der Waals surface area contributed by atoms with E-state index in [1.54, 1.807) is 0 Å². The lowest BCUT2D eigenvalue weighted by atomic mass is 9.86. The summed E-state index contributed by atoms with van der Waals surface area (Å²) in [6.45, 7) is 5.34. The quantitative estimate of drug-likeness (QED) is 0.695. The molecule has 0 saturated carbocycles. The van der Waals surface area contributed by atoms with Gasteiger partial charge in [-0.1, -0.05) is 69.3 Å². The van der Waals surface area contributed by atoms with Crippen LogP contribution < -0.4 is 10.6 Å². The Kier molecular flexibility index (Phi) is 6.63. The summed E-state index contributed by atoms with van der Waals surface area (Å²) in [5.41, 5.74) is 3.91. The molecule has 0 heterocycles. The first kappa shape index (κ1) is 22.3. The minimum atomic E-state index is -0.882. The van der Waals surface area contributed by atoms with Gasteiger partial charge in [-0.3, -0.25) is 9.59 Å². The number of fused-ring (bicyclic) bond motifs is 3. The molecule has 7 heteroatoms. The van der Waals surface area contributed by atoms with E-state index in [1.165, 1.54) is 7.11 Å². The number of methoxy groups -OCH3 is 1. The smallest absolute Gasteiger partial charge is 0.407 e. The van der Waals surface area contributed by atoms with Crippen molar-refractivity contribution in [1.82, 2.24) is 10.6 Å². The second kappa shape index (κ2) is 9.20. The molecule has 0 unspecified atom stereocenters. The van der Waals surface area contributed by atoms with Gasteiger partial charge in [0.1, 0.15) is 19.2 Å². The van der Waals surface area contributed by atoms with Gasteiger partial charge in [0.05, 0.1) is 7.11 Å². The van der Waals surface area contributed by atoms with Crippen LogP contribution in [-0.4, -0.2) is 44.3 Å². The maximum Gasteiger partial charge on any atom is 0.407 e. The molecule has 0 fully saturated rings. The molecule has 164 valence electrons. The molecule has 2 aromatic rings. The Morgan fingerprint density at radius 2 is 1.52 bits per heavy atom. The highest BCUT2D eigenvalue weighted by Gasteiger charge is 2.34. The molecule has 2 N–H and O–H groups in total. The molecule has 3 rings (SSSR count). The summed E-state index contributed by atoms with van der Waals surface area (Å²) in [4.78, 5) is 36.4. The van der Waals surface area contributed by atoms with E-state index in [0.717, 1.165) is 22.3 Å². The predicted octanol–water partition coefficient (Wildman–Crippen LogP) is 3.23. The number of amides is 2. The second-order valence-electron chi connectivity index (χ2n) is 8.56. The summed E-state index contributed by atoms with van der Waals surface area (Å²) in [6, 6.07) is 15.3. The van der Waals surface area contributed by atoms with Crippen molar-refractivity contribution in [2.75, 3.05) is 20.3 Å². The standard InChI is InChI=1S/C24H28N2O5/c1-24(2,3)21(22(28)25-13-20(27)30-4)26-23(29)31-14-19-17-11-7-5-9-15(17)16-10-6-8-12-18(16)19/h5-12,19,21H,13-14H2,1-4H3,(H,25,28)(H,26,29)/t21-/m1/s1. The molecule has 1 atom stereocenters. The first-order valence-corrected chi connectivity index (χ1v) is 10.2. The lowest BCUT2D eigenvalue weighted by Crippen LogP contribution is -2.54. The van der Waals surface area contributed by atoms with E-state index in [1.807, 2.05) is 57.2 Å². The molecule has 0 aliphatic heterocycles. The molecule has 0 bridgehead atoms. The molecule has 31 heavy (non-hydrogen) atoms. The molecule has 0 saturated heterocycles. The molecule has 1 aliphatic carbocycles. The third-order valence-electron chi connectivity index (χ3n) is 5.37. The van der Waals surface area contributed by atoms with E-state index < -0.39 is 29.4 Å². The number of nitrogens with one attached hydrogen (secondary N) is 2. The minimum Gasteiger partial charge on any atom is -0.468 e. The van der Waals surface area contributed by atoms with Crippen molar-refractivity contribution in [3.8, 4) is 11.1 Å². The van der Waals surface area contributed by atoms with Crippen molar-refractivity contribution in [3.63, 3.8) is 0 Å². The van der Waals surface area contributed by atoms with Crippen LogP contribution in [0.3, 0.4) is 0 Å². The fourth-order valence-electron chi connectivity index (χ4n) is 3.77. The Morgan fingerprint density at radius 1 is 0.968 bits per heavy atom. The van der Waals surface area contributed by atoms with E-state index in [4.69, 9.17) is 4.74 Å². The van der Waals surface area contributed by atoms with Gasteiger partial charge < -0.3 is 20.1 Å². The maximum absolute atomic E-state index is 12.6. The van der Waals surface area contributed by atoms with Gasteiger partial charge in [-0.25, -0.2) is 4.79 Å². The lowest BCUT2D eigenvalue weighted by molar-refractivity contribution is -0.141. The maximum atomic E-state index is 12.6. The van der Waals surface area contributed by atoms with E-state index in [2.05, 4.69) is 27.5 Å². The first-order valence-electron chi connectivity index (χ1n) is 10.2. The highest BCUT2D eigenvalue weighted by atomic mass is 16.5. The molecule has 7 nitrogen and oxygen atoms in total. The van der Waals surface area contributed by atoms with Crippen LogP contribution in [0.15, 0.2) is 48.5 Å². The molecular weight excluding hydrogens is 396 g/mol. The largest absolute Gasteiger partial charge is 0.468 e. The highest BCUT2D eigenvalue weighted by molar-refractivity contribution is 5.89. The number of esters is 1. The zero-order valence-corrected chi connectivity index (χ0v) is 18.2. The molecule has 0 radical (unpaired) electrons. The molecule has 0 spiro atoms. The zero-order valence-electron chi connectivity index (χ0n) is 18.2. The number of carbonyl (C=O) groups is 3. The Hall–Kier alpha value is -3.35. The summed E-state index contributed by atoms with van der Waals surface area (Å²) in [6.07, 6.45) is -0.685. The Morgan fingerprint density at radius 3 is 2.03 bits per heavy atom. The SMILES string of the molecule is COC(=O)CNC(=O)[C@@H](NC(=O)OCC1c2ccccc2-c2ccccc21)C(C)(C)C. The van der Waals surface area contributed by atoms with Crippen LogP contribution in [0.4, 0.5) is 4.79 Å². The fourth-order valence-corrected chi connectivity index (χ4v) is 3.77. The third kappa shape index (κ3) is 5.05. The van der Waals surface area contributed by atoms with Crippen LogP contribution in [0.1, 0.15) is 37.8 Å². The van der Waals surface area contributed by atoms with Crippen molar-refractivity contribution in [2.45, 2.75) is 32.7 Å². The monoisotopic (exact) mass is 424 g/mol. The number of hydrogen-bond donors (Lipinski definition) is 2. The van der Waals surface area contributed by atoms with E-state index >= 15 is 0 Å². The lowest BCUT2D eigenvalue weighted by Gasteiger charge is -2.30. The van der Waals surface area contributed by atoms with Gasteiger partial charge in [-0.2, -0.15) is 0 Å². The summed E-state index contributed by atoms with van der Waals surface area (Å²) in [7, 11) is 1.24. The average Bonchev–Trinajstić information content (AvgIpc) is 3.07. The number of alkyl carbamates (subject to hydrolysis) is 1. The van der Waals surface area contributed by atoms with Crippen LogP contribution >= 0.6 is 0 Å². The number of hydrogen-bond acceptors (Lipinski definition) is 5. The van der Waals surface area contributed by atoms with Crippen molar-refractivity contribution in [2.24, 2.45) is 5.41 Å². The number of rotatable bonds is 6. The summed E-state index contributed by atoms with van der Waals surface area (Å²) < 4.78 is 10.1. The van der Waals surface area contributed by atoms with E-state index in [0.29, 0.717) is 0 Å². The Balaban J connectivity index is 1.67. The van der Waals surface area contributed by atoms with Crippen LogP contribution in [0, 0.1) is 5.41 Å². The van der Waals surface area contributed by atoms with Crippen LogP contribution in [-0.2, 0) is 19.1 Å². The normalized spacial score (nSPS) is 13.5. The number of carbonyl (C=O) groups excluding carboxylic acids is 3. The minimum absolute atomic E-state index is 0.0700. The average molecular weight is 424 g/mol. The second-order valence-corrected chi connectivity index (χ2v) is 8.56. The van der Waals surface area contributed by atoms with Crippen LogP contribution in [0.5, 0.6) is 0 Å². The Labute approximate surface area is 182 Å². The van der Waals surface area contributed by atoms with Crippen molar-refractivity contribution < 1.29 is 23.9 Å². The summed E-state index contributed by atoms with van der Waals surface area (Å²) >= 11 is 0. The van der Waals surface area contributed by atoms with E-state index in [9.17, 15) is 14.4 Å². The molecule has 0 aromatic heterocycles. The zero-order chi connectivity index (χ0) is 22.6. The van der Waals surface area contributed by atoms with Gasteiger partial charge in [-0.15, -0.1) is 0 Å². The van der Waals surface area contributed by atoms with Gasteiger partial charge >= 0.3 is 12.1 Å². The predicted molar refractivity (Wildman–Crippen MR) is 116 cm³/mol. The first-order chi connectivity index (χ1) is 14.7. The van der Waals surface area contributed by atoms with Crippen molar-refractivity contribution >= 4 is 18.0 Å². The fraction of sp³-hybridized carbons (Fsp3) is 0.375.